The van der Waals surface area contributed by atoms with Crippen LogP contribution in [0.1, 0.15) is 39.2 Å². The van der Waals surface area contributed by atoms with Gasteiger partial charge >= 0.3 is 0 Å². The number of allylic oxidation sites excluding steroid dienone is 1. The van der Waals surface area contributed by atoms with Crippen molar-refractivity contribution >= 4 is 5.91 Å². The minimum atomic E-state index is 0.151. The number of methoxy groups -OCH3 is 1. The minimum absolute atomic E-state index is 0.151. The minimum Gasteiger partial charge on any atom is -0.496 e. The normalized spacial score (nSPS) is 16.3. The van der Waals surface area contributed by atoms with Gasteiger partial charge in [-0.25, -0.2) is 0 Å². The molecule has 1 amide bonds. The molecule has 0 aromatic heterocycles. The van der Waals surface area contributed by atoms with E-state index in [9.17, 15) is 4.79 Å². The van der Waals surface area contributed by atoms with Crippen LogP contribution >= 0.6 is 0 Å². The van der Waals surface area contributed by atoms with Crippen molar-refractivity contribution in [3.8, 4) is 5.75 Å². The lowest BCUT2D eigenvalue weighted by molar-refractivity contribution is -0.127. The zero-order valence-electron chi connectivity index (χ0n) is 16.8. The number of ether oxygens (including phenoxy) is 1. The smallest absolute Gasteiger partial charge is 0.246 e. The molecule has 1 aliphatic rings. The number of amides is 1. The number of hydrogen-bond donors (Lipinski definition) is 0. The van der Waals surface area contributed by atoms with E-state index < -0.39 is 0 Å². The van der Waals surface area contributed by atoms with E-state index in [0.29, 0.717) is 11.8 Å². The summed E-state index contributed by atoms with van der Waals surface area (Å²) in [6.07, 6.45) is 5.82. The molecule has 1 fully saturated rings. The predicted octanol–water partition coefficient (Wildman–Crippen LogP) is 3.97. The summed E-state index contributed by atoms with van der Waals surface area (Å²) >= 11 is 0. The molecule has 0 bridgehead atoms. The molecule has 1 aromatic carbocycles. The second-order valence-electron chi connectivity index (χ2n) is 7.67. The fourth-order valence-electron chi connectivity index (χ4n) is 3.66. The second-order valence-corrected chi connectivity index (χ2v) is 7.67. The molecule has 1 aliphatic heterocycles. The van der Waals surface area contributed by atoms with Gasteiger partial charge in [-0.2, -0.15) is 0 Å². The molecule has 1 heterocycles. The predicted molar refractivity (Wildman–Crippen MR) is 107 cm³/mol. The van der Waals surface area contributed by atoms with Crippen molar-refractivity contribution in [1.82, 2.24) is 9.80 Å². The maximum atomic E-state index is 12.3. The highest BCUT2D eigenvalue weighted by atomic mass is 16.5. The lowest BCUT2D eigenvalue weighted by Gasteiger charge is -2.35. The van der Waals surface area contributed by atoms with Gasteiger partial charge in [0.05, 0.1) is 7.11 Å². The molecule has 2 rings (SSSR count). The number of piperidine rings is 1. The lowest BCUT2D eigenvalue weighted by atomic mass is 9.95. The number of likely N-dealkylation sites (tertiary alicyclic amines) is 1. The van der Waals surface area contributed by atoms with Crippen molar-refractivity contribution in [3.05, 3.63) is 42.0 Å². The molecule has 4 heteroatoms. The van der Waals surface area contributed by atoms with Crippen LogP contribution in [0.2, 0.25) is 0 Å². The van der Waals surface area contributed by atoms with Crippen molar-refractivity contribution in [1.29, 1.82) is 0 Å². The van der Waals surface area contributed by atoms with E-state index in [0.717, 1.165) is 51.3 Å². The van der Waals surface area contributed by atoms with Gasteiger partial charge in [-0.1, -0.05) is 38.1 Å². The van der Waals surface area contributed by atoms with Gasteiger partial charge < -0.3 is 9.64 Å². The Kier molecular flexibility index (Phi) is 8.17. The molecule has 144 valence electrons. The van der Waals surface area contributed by atoms with Gasteiger partial charge in [0, 0.05) is 25.2 Å². The van der Waals surface area contributed by atoms with E-state index in [4.69, 9.17) is 4.74 Å². The van der Waals surface area contributed by atoms with Gasteiger partial charge in [0.25, 0.3) is 0 Å². The Balaban J connectivity index is 1.87. The largest absolute Gasteiger partial charge is 0.496 e. The van der Waals surface area contributed by atoms with Gasteiger partial charge in [-0.3, -0.25) is 9.69 Å². The fraction of sp³-hybridized carbons (Fsp3) is 0.591. The summed E-state index contributed by atoms with van der Waals surface area (Å²) in [6, 6.07) is 8.25. The average molecular weight is 359 g/mol. The summed E-state index contributed by atoms with van der Waals surface area (Å²) in [6.45, 7) is 11.1. The van der Waals surface area contributed by atoms with Crippen molar-refractivity contribution in [2.24, 2.45) is 11.8 Å². The summed E-state index contributed by atoms with van der Waals surface area (Å²) in [5, 5.41) is 0. The van der Waals surface area contributed by atoms with E-state index in [2.05, 4.69) is 30.9 Å². The van der Waals surface area contributed by atoms with Gasteiger partial charge in [0.2, 0.25) is 5.91 Å². The molecular formula is C22H34N2O2. The standard InChI is InChI=1S/C22H34N2O2/c1-5-8-22(25)24(15-18(2)3)16-19-11-13-23(14-12-19)17-20-9-6-7-10-21(20)26-4/h5-10,18-19H,11-17H2,1-4H3/b8-5+. The fourth-order valence-corrected chi connectivity index (χ4v) is 3.66. The summed E-state index contributed by atoms with van der Waals surface area (Å²) in [5.41, 5.74) is 1.25. The summed E-state index contributed by atoms with van der Waals surface area (Å²) < 4.78 is 5.47. The van der Waals surface area contributed by atoms with Gasteiger partial charge in [0.1, 0.15) is 5.75 Å². The van der Waals surface area contributed by atoms with Crippen molar-refractivity contribution in [2.45, 2.75) is 40.2 Å². The Morgan fingerprint density at radius 1 is 1.31 bits per heavy atom. The number of carbonyl (C=O) groups is 1. The average Bonchev–Trinajstić information content (AvgIpc) is 2.63. The number of benzene rings is 1. The highest BCUT2D eigenvalue weighted by molar-refractivity contribution is 5.87. The molecule has 1 saturated heterocycles. The first-order valence-corrected chi connectivity index (χ1v) is 9.79. The molecule has 0 spiro atoms. The molecule has 1 aromatic rings. The van der Waals surface area contributed by atoms with Crippen LogP contribution in [-0.2, 0) is 11.3 Å². The van der Waals surface area contributed by atoms with Crippen LogP contribution in [0.5, 0.6) is 5.75 Å². The number of nitrogens with zero attached hydrogens (tertiary/aromatic N) is 2. The van der Waals surface area contributed by atoms with E-state index in [-0.39, 0.29) is 5.91 Å². The first-order chi connectivity index (χ1) is 12.5. The number of para-hydroxylation sites is 1. The Morgan fingerprint density at radius 3 is 2.62 bits per heavy atom. The Bertz CT molecular complexity index is 590. The van der Waals surface area contributed by atoms with Gasteiger partial charge in [-0.05, 0) is 56.8 Å². The lowest BCUT2D eigenvalue weighted by Crippen LogP contribution is -2.41. The van der Waals surface area contributed by atoms with Crippen LogP contribution in [0.4, 0.5) is 0 Å². The number of carbonyl (C=O) groups excluding carboxylic acids is 1. The van der Waals surface area contributed by atoms with E-state index in [1.807, 2.05) is 30.0 Å². The van der Waals surface area contributed by atoms with E-state index >= 15 is 0 Å². The van der Waals surface area contributed by atoms with Crippen LogP contribution in [0.15, 0.2) is 36.4 Å². The SMILES string of the molecule is C/C=C/C(=O)N(CC(C)C)CC1CCN(Cc2ccccc2OC)CC1. The second kappa shape index (κ2) is 10.4. The third-order valence-corrected chi connectivity index (χ3v) is 4.98. The van der Waals surface area contributed by atoms with Crippen molar-refractivity contribution in [3.63, 3.8) is 0 Å². The third-order valence-electron chi connectivity index (χ3n) is 4.98. The highest BCUT2D eigenvalue weighted by Crippen LogP contribution is 2.24. The van der Waals surface area contributed by atoms with Gasteiger partial charge in [0.15, 0.2) is 0 Å². The van der Waals surface area contributed by atoms with Crippen LogP contribution in [0, 0.1) is 11.8 Å². The number of hydrogen-bond acceptors (Lipinski definition) is 3. The van der Waals surface area contributed by atoms with Crippen LogP contribution in [-0.4, -0.2) is 49.0 Å². The molecule has 4 nitrogen and oxygen atoms in total. The monoisotopic (exact) mass is 358 g/mol. The topological polar surface area (TPSA) is 32.8 Å². The quantitative estimate of drug-likeness (QED) is 0.659. The zero-order valence-corrected chi connectivity index (χ0v) is 16.8. The van der Waals surface area contributed by atoms with Crippen molar-refractivity contribution in [2.75, 3.05) is 33.3 Å². The third kappa shape index (κ3) is 6.17. The first kappa shape index (κ1) is 20.5. The van der Waals surface area contributed by atoms with Crippen molar-refractivity contribution < 1.29 is 9.53 Å². The van der Waals surface area contributed by atoms with E-state index in [1.54, 1.807) is 13.2 Å². The Morgan fingerprint density at radius 2 is 2.00 bits per heavy atom. The molecule has 0 unspecified atom stereocenters. The van der Waals surface area contributed by atoms with Crippen LogP contribution in [0.3, 0.4) is 0 Å². The summed E-state index contributed by atoms with van der Waals surface area (Å²) in [7, 11) is 1.73. The molecular weight excluding hydrogens is 324 g/mol. The first-order valence-electron chi connectivity index (χ1n) is 9.79. The molecule has 0 saturated carbocycles. The zero-order chi connectivity index (χ0) is 18.9. The Hall–Kier alpha value is -1.81. The number of rotatable bonds is 8. The molecule has 26 heavy (non-hydrogen) atoms. The molecule has 0 aliphatic carbocycles. The highest BCUT2D eigenvalue weighted by Gasteiger charge is 2.24. The molecule has 0 radical (unpaired) electrons. The van der Waals surface area contributed by atoms with E-state index in [1.165, 1.54) is 5.56 Å². The van der Waals surface area contributed by atoms with Crippen LogP contribution < -0.4 is 4.74 Å². The van der Waals surface area contributed by atoms with Gasteiger partial charge in [-0.15, -0.1) is 0 Å². The molecule has 0 atom stereocenters. The maximum Gasteiger partial charge on any atom is 0.246 e. The summed E-state index contributed by atoms with van der Waals surface area (Å²) in [4.78, 5) is 16.9. The maximum absolute atomic E-state index is 12.3. The molecule has 0 N–H and O–H groups in total. The summed E-state index contributed by atoms with van der Waals surface area (Å²) in [5.74, 6) is 2.21. The Labute approximate surface area is 158 Å². The van der Waals surface area contributed by atoms with Crippen LogP contribution in [0.25, 0.3) is 0 Å².